The molecule has 1 aliphatic heterocycles. The van der Waals surface area contributed by atoms with E-state index in [0.717, 1.165) is 31.3 Å². The van der Waals surface area contributed by atoms with Crippen LogP contribution in [0.1, 0.15) is 104 Å². The molecule has 1 aromatic rings. The third-order valence-electron chi connectivity index (χ3n) is 8.35. The zero-order chi connectivity index (χ0) is 38.2. The Morgan fingerprint density at radius 1 is 0.706 bits per heavy atom. The first-order chi connectivity index (χ1) is 24.0. The van der Waals surface area contributed by atoms with E-state index in [2.05, 4.69) is 32.1 Å². The van der Waals surface area contributed by atoms with Crippen LogP contribution in [0.25, 0.3) is 0 Å². The van der Waals surface area contributed by atoms with Gasteiger partial charge in [0.2, 0.25) is 12.4 Å². The fraction of sp³-hybridized carbons (Fsp3) is 0.564. The third-order valence-corrected chi connectivity index (χ3v) is 8.35. The summed E-state index contributed by atoms with van der Waals surface area (Å²) in [6.45, 7) is 14.6. The van der Waals surface area contributed by atoms with Crippen LogP contribution in [0.3, 0.4) is 0 Å². The molecule has 0 aromatic heterocycles. The van der Waals surface area contributed by atoms with Crippen molar-refractivity contribution in [2.75, 3.05) is 13.7 Å². The molecular weight excluding hydrogens is 660 g/mol. The van der Waals surface area contributed by atoms with Gasteiger partial charge in [0.1, 0.15) is 11.5 Å². The number of benzene rings is 1. The van der Waals surface area contributed by atoms with Crippen molar-refractivity contribution in [2.24, 2.45) is 0 Å². The number of esters is 5. The van der Waals surface area contributed by atoms with Crippen LogP contribution in [0, 0.1) is 13.8 Å². The summed E-state index contributed by atoms with van der Waals surface area (Å²) >= 11 is 0. The molecular formula is C39H54O12. The summed E-state index contributed by atoms with van der Waals surface area (Å²) in [6.07, 6.45) is 6.87. The van der Waals surface area contributed by atoms with Crippen LogP contribution < -0.4 is 9.47 Å². The van der Waals surface area contributed by atoms with Gasteiger partial charge in [0, 0.05) is 39.7 Å². The number of hydrogen-bond donors (Lipinski definition) is 0. The van der Waals surface area contributed by atoms with Crippen molar-refractivity contribution in [1.82, 2.24) is 0 Å². The lowest BCUT2D eigenvalue weighted by Crippen LogP contribution is -2.59. The number of methoxy groups -OCH3 is 1. The topological polar surface area (TPSA) is 150 Å². The number of carbonyl (C=O) groups excluding carboxylic acids is 5. The summed E-state index contributed by atoms with van der Waals surface area (Å²) in [4.78, 5) is 59.3. The summed E-state index contributed by atoms with van der Waals surface area (Å²) in [6, 6.07) is 1.75. The number of ether oxygens (including phenoxy) is 7. The maximum Gasteiger partial charge on any atom is 0.308 e. The van der Waals surface area contributed by atoms with E-state index in [4.69, 9.17) is 33.2 Å². The van der Waals surface area contributed by atoms with Gasteiger partial charge in [-0.1, -0.05) is 34.9 Å². The highest BCUT2D eigenvalue weighted by Crippen LogP contribution is 2.37. The Balaban J connectivity index is 2.25. The first kappa shape index (κ1) is 42.7. The highest BCUT2D eigenvalue weighted by atomic mass is 16.7. The Morgan fingerprint density at radius 2 is 1.25 bits per heavy atom. The van der Waals surface area contributed by atoms with Crippen LogP contribution in [0.5, 0.6) is 11.5 Å². The maximum atomic E-state index is 12.1. The van der Waals surface area contributed by atoms with Crippen LogP contribution in [-0.4, -0.2) is 68.2 Å². The molecule has 0 aliphatic carbocycles. The Bertz CT molecular complexity index is 1500. The van der Waals surface area contributed by atoms with Gasteiger partial charge in [-0.15, -0.1) is 0 Å². The van der Waals surface area contributed by atoms with E-state index in [1.54, 1.807) is 13.0 Å². The molecule has 1 aromatic carbocycles. The zero-order valence-corrected chi connectivity index (χ0v) is 31.7. The highest BCUT2D eigenvalue weighted by Gasteiger charge is 2.48. The molecule has 1 heterocycles. The second-order valence-electron chi connectivity index (χ2n) is 12.8. The summed E-state index contributed by atoms with van der Waals surface area (Å²) in [5, 5.41) is 0. The molecule has 0 amide bonds. The third kappa shape index (κ3) is 14.7. The fourth-order valence-electron chi connectivity index (χ4n) is 5.51. The Hall–Kier alpha value is -4.45. The molecule has 1 aliphatic rings. The highest BCUT2D eigenvalue weighted by molar-refractivity contribution is 5.72. The molecule has 12 nitrogen and oxygen atoms in total. The molecule has 0 spiro atoms. The number of allylic oxidation sites excluding steroid dienone is 6. The predicted octanol–water partition coefficient (Wildman–Crippen LogP) is 6.65. The lowest BCUT2D eigenvalue weighted by atomic mass is 9.99. The number of hydrogen-bond acceptors (Lipinski definition) is 12. The smallest absolute Gasteiger partial charge is 0.308 e. The van der Waals surface area contributed by atoms with Gasteiger partial charge in [0.15, 0.2) is 12.2 Å². The molecule has 0 bridgehead atoms. The van der Waals surface area contributed by atoms with Crippen molar-refractivity contribution in [2.45, 2.75) is 132 Å². The molecule has 51 heavy (non-hydrogen) atoms. The van der Waals surface area contributed by atoms with Gasteiger partial charge in [0.25, 0.3) is 0 Å². The lowest BCUT2D eigenvalue weighted by molar-refractivity contribution is -0.259. The molecule has 4 atom stereocenters. The first-order valence-electron chi connectivity index (χ1n) is 17.2. The molecule has 0 unspecified atom stereocenters. The van der Waals surface area contributed by atoms with Crippen molar-refractivity contribution < 1.29 is 57.1 Å². The zero-order valence-electron chi connectivity index (χ0n) is 31.7. The van der Waals surface area contributed by atoms with Gasteiger partial charge in [0.05, 0.1) is 13.7 Å². The summed E-state index contributed by atoms with van der Waals surface area (Å²) in [5.74, 6) is -1.83. The quantitative estimate of drug-likeness (QED) is 0.0735. The van der Waals surface area contributed by atoms with Gasteiger partial charge in [-0.05, 0) is 90.3 Å². The minimum Gasteiger partial charge on any atom is -0.469 e. The first-order valence-corrected chi connectivity index (χ1v) is 17.2. The molecule has 2 rings (SSSR count). The fourth-order valence-corrected chi connectivity index (χ4v) is 5.51. The molecule has 282 valence electrons. The van der Waals surface area contributed by atoms with Gasteiger partial charge in [-0.3, -0.25) is 24.0 Å². The number of rotatable bonds is 17. The maximum absolute atomic E-state index is 12.1. The lowest BCUT2D eigenvalue weighted by Gasteiger charge is -2.40. The van der Waals surface area contributed by atoms with E-state index >= 15 is 0 Å². The van der Waals surface area contributed by atoms with E-state index in [1.807, 2.05) is 13.8 Å². The van der Waals surface area contributed by atoms with Crippen molar-refractivity contribution in [3.05, 3.63) is 57.7 Å². The van der Waals surface area contributed by atoms with E-state index < -0.39 is 48.5 Å². The summed E-state index contributed by atoms with van der Waals surface area (Å²) in [7, 11) is 1.40. The van der Waals surface area contributed by atoms with Gasteiger partial charge in [-0.2, -0.15) is 0 Å². The number of carbonyl (C=O) groups is 5. The van der Waals surface area contributed by atoms with Crippen LogP contribution in [0.4, 0.5) is 0 Å². The summed E-state index contributed by atoms with van der Waals surface area (Å²) in [5.41, 5.74) is 5.64. The Kier molecular flexibility index (Phi) is 17.6. The molecule has 0 saturated carbocycles. The average molecular weight is 715 g/mol. The largest absolute Gasteiger partial charge is 0.469 e. The van der Waals surface area contributed by atoms with Crippen LogP contribution >= 0.6 is 0 Å². The van der Waals surface area contributed by atoms with Crippen molar-refractivity contribution in [3.8, 4) is 11.5 Å². The van der Waals surface area contributed by atoms with E-state index in [-0.39, 0.29) is 12.6 Å². The normalized spacial score (nSPS) is 19.5. The molecule has 1 saturated heterocycles. The second-order valence-corrected chi connectivity index (χ2v) is 12.8. The van der Waals surface area contributed by atoms with E-state index in [0.29, 0.717) is 47.5 Å². The molecule has 12 heteroatoms. The second kappa shape index (κ2) is 21.0. The standard InChI is InChI=1S/C39H54O12/c1-23(14-12-16-25(3)18-20-35(44)45-10)13-11-15-24(2)17-19-32-21-33(26(4)27(5)36(32)48-29(7)41)51-39-38(50-31(9)43)37(49-30(8)42)34(22-46-39)47-28(6)40/h13,16-17,21,34,37-39H,11-12,14-15,18-20,22H2,1-10H3/b23-13+,24-17+,25-16+/t34-,37+,38-,39+/m1/s1. The van der Waals surface area contributed by atoms with Gasteiger partial charge in [-0.25, -0.2) is 0 Å². The van der Waals surface area contributed by atoms with Crippen molar-refractivity contribution in [1.29, 1.82) is 0 Å². The SMILES string of the molecule is COC(=O)CC/C(C)=C/CC/C(C)=C/CC/C(C)=C/Cc1cc(O[C@@H]2OC[C@@H](OC(C)=O)[C@H](OC(C)=O)[C@H]2OC(C)=O)c(C)c(C)c1OC(C)=O. The van der Waals surface area contributed by atoms with Crippen LogP contribution in [0.15, 0.2) is 41.0 Å². The monoisotopic (exact) mass is 714 g/mol. The van der Waals surface area contributed by atoms with Gasteiger partial charge < -0.3 is 33.2 Å². The van der Waals surface area contributed by atoms with E-state index in [9.17, 15) is 24.0 Å². The van der Waals surface area contributed by atoms with Gasteiger partial charge >= 0.3 is 29.8 Å². The van der Waals surface area contributed by atoms with Crippen LogP contribution in [-0.2, 0) is 54.1 Å². The van der Waals surface area contributed by atoms with Crippen LogP contribution in [0.2, 0.25) is 0 Å². The molecule has 0 radical (unpaired) electrons. The Morgan fingerprint density at radius 3 is 1.80 bits per heavy atom. The Labute approximate surface area is 301 Å². The molecule has 0 N–H and O–H groups in total. The van der Waals surface area contributed by atoms with Crippen molar-refractivity contribution >= 4 is 29.8 Å². The average Bonchev–Trinajstić information content (AvgIpc) is 3.04. The molecule has 1 fully saturated rings. The minimum atomic E-state index is -1.26. The predicted molar refractivity (Wildman–Crippen MR) is 189 cm³/mol. The summed E-state index contributed by atoms with van der Waals surface area (Å²) < 4.78 is 38.8. The van der Waals surface area contributed by atoms with Crippen molar-refractivity contribution in [3.63, 3.8) is 0 Å². The minimum absolute atomic E-state index is 0.181. The van der Waals surface area contributed by atoms with E-state index in [1.165, 1.54) is 46.0 Å².